The molecule has 0 unspecified atom stereocenters. The van der Waals surface area contributed by atoms with Crippen LogP contribution in [0.1, 0.15) is 37.7 Å². The summed E-state index contributed by atoms with van der Waals surface area (Å²) in [4.78, 5) is 20.8. The van der Waals surface area contributed by atoms with E-state index in [0.717, 1.165) is 19.0 Å². The molecule has 1 saturated heterocycles. The number of nitrogens with zero attached hydrogens (tertiary/aromatic N) is 3. The Hall–Kier alpha value is -1.31. The number of carbonyl (C=O) groups excluding carboxylic acids is 1. The van der Waals surface area contributed by atoms with E-state index in [1.165, 1.54) is 37.7 Å². The number of nitrogens with one attached hydrogen (secondary N) is 1. The highest BCUT2D eigenvalue weighted by atomic mass is 127. The van der Waals surface area contributed by atoms with Gasteiger partial charge < -0.3 is 15.1 Å². The highest BCUT2D eigenvalue weighted by Crippen LogP contribution is 2.45. The van der Waals surface area contributed by atoms with Crippen LogP contribution in [0.3, 0.4) is 0 Å². The smallest absolute Gasteiger partial charge is 0.241 e. The zero-order valence-corrected chi connectivity index (χ0v) is 18.2. The molecule has 0 aromatic heterocycles. The molecule has 6 heteroatoms. The second-order valence-electron chi connectivity index (χ2n) is 7.65. The molecule has 1 amide bonds. The summed E-state index contributed by atoms with van der Waals surface area (Å²) in [6.45, 7) is 3.05. The van der Waals surface area contributed by atoms with Crippen molar-refractivity contribution in [2.24, 2.45) is 10.4 Å². The standard InChI is InChI=1S/C20H30N4O.HI/c1-23(2)18(25)15-22-19(21-14-17-8-4-3-5-9-17)24-13-12-20(16-24)10-6-7-11-20;/h3-5,8-9H,6-7,10-16H2,1-2H3,(H,21,22);1H. The van der Waals surface area contributed by atoms with Crippen molar-refractivity contribution >= 4 is 35.8 Å². The van der Waals surface area contributed by atoms with Gasteiger partial charge >= 0.3 is 0 Å². The largest absolute Gasteiger partial charge is 0.347 e. The molecule has 0 radical (unpaired) electrons. The van der Waals surface area contributed by atoms with E-state index in [-0.39, 0.29) is 29.9 Å². The number of amides is 1. The van der Waals surface area contributed by atoms with Crippen LogP contribution in [0.15, 0.2) is 35.3 Å². The van der Waals surface area contributed by atoms with Crippen molar-refractivity contribution in [3.05, 3.63) is 35.9 Å². The quantitative estimate of drug-likeness (QED) is 0.418. The summed E-state index contributed by atoms with van der Waals surface area (Å²) in [7, 11) is 3.57. The lowest BCUT2D eigenvalue weighted by atomic mass is 9.86. The van der Waals surface area contributed by atoms with Gasteiger partial charge in [0.1, 0.15) is 0 Å². The first-order chi connectivity index (χ1) is 12.1. The van der Waals surface area contributed by atoms with E-state index in [1.807, 2.05) is 18.2 Å². The molecule has 1 aromatic rings. The maximum atomic E-state index is 12.0. The highest BCUT2D eigenvalue weighted by Gasteiger charge is 2.41. The summed E-state index contributed by atoms with van der Waals surface area (Å²) in [5, 5.41) is 3.30. The van der Waals surface area contributed by atoms with Crippen LogP contribution in [0.4, 0.5) is 0 Å². The Morgan fingerprint density at radius 2 is 1.88 bits per heavy atom. The van der Waals surface area contributed by atoms with E-state index >= 15 is 0 Å². The van der Waals surface area contributed by atoms with Gasteiger partial charge in [-0.3, -0.25) is 4.79 Å². The fourth-order valence-corrected chi connectivity index (χ4v) is 3.98. The van der Waals surface area contributed by atoms with Gasteiger partial charge in [-0.15, -0.1) is 24.0 Å². The number of halogens is 1. The van der Waals surface area contributed by atoms with Gasteiger partial charge in [0.15, 0.2) is 5.96 Å². The molecule has 26 heavy (non-hydrogen) atoms. The number of benzene rings is 1. The Morgan fingerprint density at radius 1 is 1.19 bits per heavy atom. The van der Waals surface area contributed by atoms with Crippen molar-refractivity contribution in [3.63, 3.8) is 0 Å². The molecule has 0 bridgehead atoms. The molecular formula is C20H31IN4O. The van der Waals surface area contributed by atoms with E-state index in [2.05, 4.69) is 22.3 Å². The molecule has 1 spiro atoms. The van der Waals surface area contributed by atoms with Crippen molar-refractivity contribution < 1.29 is 4.79 Å². The van der Waals surface area contributed by atoms with Crippen molar-refractivity contribution in [1.82, 2.24) is 15.1 Å². The van der Waals surface area contributed by atoms with Gasteiger partial charge in [0, 0.05) is 27.2 Å². The topological polar surface area (TPSA) is 47.9 Å². The van der Waals surface area contributed by atoms with Gasteiger partial charge in [-0.2, -0.15) is 0 Å². The molecule has 3 rings (SSSR count). The predicted molar refractivity (Wildman–Crippen MR) is 117 cm³/mol. The highest BCUT2D eigenvalue weighted by molar-refractivity contribution is 14.0. The Morgan fingerprint density at radius 3 is 2.54 bits per heavy atom. The minimum Gasteiger partial charge on any atom is -0.347 e. The minimum atomic E-state index is 0. The number of hydrogen-bond donors (Lipinski definition) is 1. The molecule has 1 aromatic carbocycles. The minimum absolute atomic E-state index is 0. The van der Waals surface area contributed by atoms with Crippen LogP contribution < -0.4 is 5.32 Å². The summed E-state index contributed by atoms with van der Waals surface area (Å²) in [6.07, 6.45) is 6.65. The second-order valence-corrected chi connectivity index (χ2v) is 7.65. The molecule has 1 heterocycles. The van der Waals surface area contributed by atoms with Crippen molar-refractivity contribution in [1.29, 1.82) is 0 Å². The Bertz CT molecular complexity index is 611. The van der Waals surface area contributed by atoms with E-state index in [9.17, 15) is 4.79 Å². The Balaban J connectivity index is 0.00000243. The molecule has 144 valence electrons. The maximum absolute atomic E-state index is 12.0. The number of rotatable bonds is 4. The number of likely N-dealkylation sites (tertiary alicyclic amines) is 1. The van der Waals surface area contributed by atoms with E-state index in [1.54, 1.807) is 19.0 Å². The molecule has 5 nitrogen and oxygen atoms in total. The molecule has 2 fully saturated rings. The fraction of sp³-hybridized carbons (Fsp3) is 0.600. The van der Waals surface area contributed by atoms with Gasteiger partial charge in [-0.1, -0.05) is 43.2 Å². The number of hydrogen-bond acceptors (Lipinski definition) is 2. The Kier molecular flexibility index (Phi) is 7.73. The van der Waals surface area contributed by atoms with Gasteiger partial charge in [-0.25, -0.2) is 4.99 Å². The van der Waals surface area contributed by atoms with Gasteiger partial charge in [0.2, 0.25) is 5.91 Å². The summed E-state index contributed by atoms with van der Waals surface area (Å²) in [6, 6.07) is 10.3. The van der Waals surface area contributed by atoms with Crippen LogP contribution in [-0.4, -0.2) is 55.4 Å². The van der Waals surface area contributed by atoms with Gasteiger partial charge in [0.25, 0.3) is 0 Å². The summed E-state index contributed by atoms with van der Waals surface area (Å²) < 4.78 is 0. The lowest BCUT2D eigenvalue weighted by Crippen LogP contribution is -2.45. The van der Waals surface area contributed by atoms with Crippen molar-refractivity contribution in [2.75, 3.05) is 33.7 Å². The van der Waals surface area contributed by atoms with Crippen LogP contribution >= 0.6 is 24.0 Å². The second kappa shape index (κ2) is 9.58. The third-order valence-corrected chi connectivity index (χ3v) is 5.55. The third kappa shape index (κ3) is 5.34. The lowest BCUT2D eigenvalue weighted by molar-refractivity contribution is -0.127. The number of carbonyl (C=O) groups is 1. The van der Waals surface area contributed by atoms with Gasteiger partial charge in [0.05, 0.1) is 13.1 Å². The van der Waals surface area contributed by atoms with Crippen molar-refractivity contribution in [3.8, 4) is 0 Å². The average molecular weight is 470 g/mol. The Labute approximate surface area is 174 Å². The molecule has 1 N–H and O–H groups in total. The van der Waals surface area contributed by atoms with Crippen LogP contribution in [0, 0.1) is 5.41 Å². The van der Waals surface area contributed by atoms with Crippen molar-refractivity contribution in [2.45, 2.75) is 38.6 Å². The first-order valence-corrected chi connectivity index (χ1v) is 9.35. The summed E-state index contributed by atoms with van der Waals surface area (Å²) in [5.74, 6) is 0.949. The number of likely N-dealkylation sites (N-methyl/N-ethyl adjacent to an activating group) is 1. The van der Waals surface area contributed by atoms with E-state index < -0.39 is 0 Å². The van der Waals surface area contributed by atoms with Crippen LogP contribution in [0.5, 0.6) is 0 Å². The lowest BCUT2D eigenvalue weighted by Gasteiger charge is -2.26. The fourth-order valence-electron chi connectivity index (χ4n) is 3.98. The normalized spacial score (nSPS) is 18.7. The van der Waals surface area contributed by atoms with Crippen LogP contribution in [0.25, 0.3) is 0 Å². The first kappa shape index (κ1) is 21.0. The molecule has 1 aliphatic heterocycles. The number of guanidine groups is 1. The number of aliphatic imine (C=N–C) groups is 1. The molecular weight excluding hydrogens is 439 g/mol. The maximum Gasteiger partial charge on any atom is 0.241 e. The molecule has 0 atom stereocenters. The third-order valence-electron chi connectivity index (χ3n) is 5.55. The van der Waals surface area contributed by atoms with Crippen LogP contribution in [0.2, 0.25) is 0 Å². The van der Waals surface area contributed by atoms with Crippen LogP contribution in [-0.2, 0) is 11.3 Å². The first-order valence-electron chi connectivity index (χ1n) is 9.35. The predicted octanol–water partition coefficient (Wildman–Crippen LogP) is 3.10. The SMILES string of the molecule is CN(C)C(=O)CNC(=NCc1ccccc1)N1CCC2(CCCC2)C1.I. The summed E-state index contributed by atoms with van der Waals surface area (Å²) in [5.41, 5.74) is 1.68. The monoisotopic (exact) mass is 470 g/mol. The van der Waals surface area contributed by atoms with E-state index in [4.69, 9.17) is 4.99 Å². The average Bonchev–Trinajstić information content (AvgIpc) is 3.25. The molecule has 1 saturated carbocycles. The zero-order valence-electron chi connectivity index (χ0n) is 15.9. The van der Waals surface area contributed by atoms with E-state index in [0.29, 0.717) is 18.5 Å². The van der Waals surface area contributed by atoms with Gasteiger partial charge in [-0.05, 0) is 30.2 Å². The summed E-state index contributed by atoms with van der Waals surface area (Å²) >= 11 is 0. The molecule has 1 aliphatic carbocycles. The zero-order chi connectivity index (χ0) is 17.7. The molecule has 2 aliphatic rings.